The molecule has 0 bridgehead atoms. The van der Waals surface area contributed by atoms with Crippen LogP contribution < -0.4 is 0 Å². The van der Waals surface area contributed by atoms with Crippen molar-refractivity contribution in [1.29, 1.82) is 0 Å². The van der Waals surface area contributed by atoms with Gasteiger partial charge in [0.25, 0.3) is 0 Å². The van der Waals surface area contributed by atoms with Gasteiger partial charge < -0.3 is 4.74 Å². The molecule has 0 amide bonds. The number of unbranched alkanes of at least 4 members (excludes halogenated alkanes) is 1. The SMILES string of the molecule is CCCC/C(=C/C=C/c1ccc(C2=CC(c3ccccc3)=N/C2=N\n2cc(-c3ccccc3)cc2-c2ccccc2)cc1)OCC. The van der Waals surface area contributed by atoms with Gasteiger partial charge in [-0.15, -0.1) is 5.10 Å². The van der Waals surface area contributed by atoms with E-state index in [0.717, 1.165) is 75.4 Å². The van der Waals surface area contributed by atoms with Crippen LogP contribution in [0.1, 0.15) is 49.8 Å². The Hall–Kier alpha value is -5.48. The summed E-state index contributed by atoms with van der Waals surface area (Å²) in [5.74, 6) is 1.71. The highest BCUT2D eigenvalue weighted by Crippen LogP contribution is 2.31. The lowest BCUT2D eigenvalue weighted by atomic mass is 10.0. The second-order valence-corrected chi connectivity index (χ2v) is 11.2. The Labute approximate surface area is 272 Å². The highest BCUT2D eigenvalue weighted by molar-refractivity contribution is 6.37. The Morgan fingerprint density at radius 2 is 1.39 bits per heavy atom. The molecule has 0 saturated carbocycles. The zero-order valence-corrected chi connectivity index (χ0v) is 26.5. The fourth-order valence-electron chi connectivity index (χ4n) is 5.48. The van der Waals surface area contributed by atoms with E-state index in [1.807, 2.05) is 41.9 Å². The molecule has 4 heteroatoms. The summed E-state index contributed by atoms with van der Waals surface area (Å²) < 4.78 is 7.78. The minimum Gasteiger partial charge on any atom is -0.498 e. The molecule has 1 aliphatic heterocycles. The van der Waals surface area contributed by atoms with Crippen LogP contribution in [0.15, 0.2) is 162 Å². The van der Waals surface area contributed by atoms with E-state index in [9.17, 15) is 0 Å². The van der Waals surface area contributed by atoms with E-state index < -0.39 is 0 Å². The van der Waals surface area contributed by atoms with Crippen LogP contribution in [-0.2, 0) is 4.74 Å². The van der Waals surface area contributed by atoms with Gasteiger partial charge in [0.05, 0.1) is 23.8 Å². The number of rotatable bonds is 12. The molecule has 0 spiro atoms. The molecule has 228 valence electrons. The average molecular weight is 602 g/mol. The summed E-state index contributed by atoms with van der Waals surface area (Å²) in [6, 6.07) is 41.9. The first-order chi connectivity index (χ1) is 22.7. The van der Waals surface area contributed by atoms with Crippen molar-refractivity contribution in [3.63, 3.8) is 0 Å². The van der Waals surface area contributed by atoms with Gasteiger partial charge in [0.1, 0.15) is 0 Å². The van der Waals surface area contributed by atoms with Crippen molar-refractivity contribution in [2.24, 2.45) is 10.1 Å². The average Bonchev–Trinajstić information content (AvgIpc) is 3.74. The Morgan fingerprint density at radius 3 is 2.04 bits per heavy atom. The molecule has 0 fully saturated rings. The fraction of sp³-hybridized carbons (Fsp3) is 0.143. The molecular weight excluding hydrogens is 562 g/mol. The van der Waals surface area contributed by atoms with Gasteiger partial charge in [0.15, 0.2) is 5.84 Å². The quantitative estimate of drug-likeness (QED) is 0.104. The molecule has 0 unspecified atom stereocenters. The van der Waals surface area contributed by atoms with Gasteiger partial charge in [0.2, 0.25) is 0 Å². The molecule has 0 aliphatic carbocycles. The van der Waals surface area contributed by atoms with Crippen molar-refractivity contribution in [2.45, 2.75) is 33.1 Å². The molecule has 4 nitrogen and oxygen atoms in total. The standard InChI is InChI=1S/C42H39N3O/c1-3-5-23-38(46-4-2)24-15-16-32-25-27-34(28-26-32)39-30-40(35-19-11-7-12-20-35)43-42(39)44-45-31-37(33-17-9-6-10-18-33)29-41(45)36-21-13-8-14-22-36/h6-22,24-31H,3-5,23H2,1-2H3/b16-15+,38-24-,44-42-. The van der Waals surface area contributed by atoms with Gasteiger partial charge in [-0.1, -0.05) is 141 Å². The zero-order valence-electron chi connectivity index (χ0n) is 26.5. The Kier molecular flexibility index (Phi) is 9.96. The molecule has 0 atom stereocenters. The number of aliphatic imine (C=N–C) groups is 1. The van der Waals surface area contributed by atoms with Gasteiger partial charge in [-0.3, -0.25) is 0 Å². The smallest absolute Gasteiger partial charge is 0.181 e. The molecule has 1 aliphatic rings. The van der Waals surface area contributed by atoms with Crippen LogP contribution in [0.3, 0.4) is 0 Å². The predicted molar refractivity (Wildman–Crippen MR) is 194 cm³/mol. The van der Waals surface area contributed by atoms with Crippen LogP contribution in [0.5, 0.6) is 0 Å². The van der Waals surface area contributed by atoms with Gasteiger partial charge in [-0.05, 0) is 48.3 Å². The third-order valence-electron chi connectivity index (χ3n) is 7.90. The summed E-state index contributed by atoms with van der Waals surface area (Å²) in [6.45, 7) is 4.92. The van der Waals surface area contributed by atoms with E-state index in [1.54, 1.807) is 0 Å². The topological polar surface area (TPSA) is 38.9 Å². The van der Waals surface area contributed by atoms with Gasteiger partial charge in [0, 0.05) is 34.9 Å². The first-order valence-corrected chi connectivity index (χ1v) is 16.1. The lowest BCUT2D eigenvalue weighted by molar-refractivity contribution is 0.217. The maximum atomic E-state index is 5.81. The largest absolute Gasteiger partial charge is 0.498 e. The summed E-state index contributed by atoms with van der Waals surface area (Å²) >= 11 is 0. The van der Waals surface area contributed by atoms with Crippen LogP contribution in [-0.4, -0.2) is 22.8 Å². The lowest BCUT2D eigenvalue weighted by Gasteiger charge is -2.08. The van der Waals surface area contributed by atoms with Crippen molar-refractivity contribution >= 4 is 23.2 Å². The Morgan fingerprint density at radius 1 is 0.739 bits per heavy atom. The predicted octanol–water partition coefficient (Wildman–Crippen LogP) is 10.7. The summed E-state index contributed by atoms with van der Waals surface area (Å²) in [5, 5.41) is 5.19. The van der Waals surface area contributed by atoms with Crippen molar-refractivity contribution in [3.8, 4) is 22.4 Å². The third-order valence-corrected chi connectivity index (χ3v) is 7.90. The molecule has 0 radical (unpaired) electrons. The second kappa shape index (κ2) is 15.0. The third kappa shape index (κ3) is 7.41. The van der Waals surface area contributed by atoms with E-state index in [0.29, 0.717) is 12.4 Å². The number of amidine groups is 1. The minimum atomic E-state index is 0.676. The number of nitrogens with zero attached hydrogens (tertiary/aromatic N) is 3. The number of hydrogen-bond donors (Lipinski definition) is 0. The first kappa shape index (κ1) is 30.5. The molecule has 2 heterocycles. The molecular formula is C42H39N3O. The summed E-state index contributed by atoms with van der Waals surface area (Å²) in [5.41, 5.74) is 9.49. The van der Waals surface area contributed by atoms with Gasteiger partial charge in [-0.2, -0.15) is 0 Å². The van der Waals surface area contributed by atoms with Crippen molar-refractivity contribution in [1.82, 2.24) is 4.68 Å². The maximum Gasteiger partial charge on any atom is 0.181 e. The van der Waals surface area contributed by atoms with Gasteiger partial charge >= 0.3 is 0 Å². The number of ether oxygens (including phenoxy) is 1. The summed E-state index contributed by atoms with van der Waals surface area (Å²) in [6.07, 6.45) is 13.8. The Balaban J connectivity index is 1.37. The lowest BCUT2D eigenvalue weighted by Crippen LogP contribution is -2.01. The van der Waals surface area contributed by atoms with Crippen LogP contribution in [0, 0.1) is 0 Å². The highest BCUT2D eigenvalue weighted by Gasteiger charge is 2.20. The second-order valence-electron chi connectivity index (χ2n) is 11.2. The van der Waals surface area contributed by atoms with Crippen molar-refractivity contribution in [3.05, 3.63) is 168 Å². The van der Waals surface area contributed by atoms with Crippen LogP contribution >= 0.6 is 0 Å². The van der Waals surface area contributed by atoms with Crippen LogP contribution in [0.4, 0.5) is 0 Å². The van der Waals surface area contributed by atoms with Crippen LogP contribution in [0.2, 0.25) is 0 Å². The van der Waals surface area contributed by atoms with E-state index in [2.05, 4.69) is 128 Å². The Bertz CT molecular complexity index is 1890. The molecule has 46 heavy (non-hydrogen) atoms. The van der Waals surface area contributed by atoms with Crippen LogP contribution in [0.25, 0.3) is 34.0 Å². The maximum absolute atomic E-state index is 5.81. The van der Waals surface area contributed by atoms with E-state index in [1.165, 1.54) is 0 Å². The fourth-order valence-corrected chi connectivity index (χ4v) is 5.48. The molecule has 4 aromatic carbocycles. The molecule has 5 aromatic rings. The van der Waals surface area contributed by atoms with E-state index >= 15 is 0 Å². The highest BCUT2D eigenvalue weighted by atomic mass is 16.5. The normalized spacial score (nSPS) is 14.1. The summed E-state index contributed by atoms with van der Waals surface area (Å²) in [7, 11) is 0. The number of allylic oxidation sites excluding steroid dienone is 4. The van der Waals surface area contributed by atoms with Gasteiger partial charge in [-0.25, -0.2) is 9.67 Å². The number of benzene rings is 4. The van der Waals surface area contributed by atoms with E-state index in [4.69, 9.17) is 14.8 Å². The van der Waals surface area contributed by atoms with Crippen molar-refractivity contribution < 1.29 is 4.74 Å². The number of aromatic nitrogens is 1. The monoisotopic (exact) mass is 601 g/mol. The summed E-state index contributed by atoms with van der Waals surface area (Å²) in [4.78, 5) is 5.08. The molecule has 0 saturated heterocycles. The first-order valence-electron chi connectivity index (χ1n) is 16.1. The molecule has 6 rings (SSSR count). The number of hydrogen-bond acceptors (Lipinski definition) is 2. The van der Waals surface area contributed by atoms with Crippen molar-refractivity contribution in [2.75, 3.05) is 6.61 Å². The molecule has 0 N–H and O–H groups in total. The molecule has 1 aromatic heterocycles. The minimum absolute atomic E-state index is 0.676. The van der Waals surface area contributed by atoms with E-state index in [-0.39, 0.29) is 0 Å². The zero-order chi connectivity index (χ0) is 31.6.